The Bertz CT molecular complexity index is 1360. The van der Waals surface area contributed by atoms with Gasteiger partial charge < -0.3 is 15.7 Å². The Morgan fingerprint density at radius 1 is 0.867 bits per heavy atom. The molecule has 1 heterocycles. The zero-order valence-electron chi connectivity index (χ0n) is 15.8. The molecule has 5 nitrogen and oxygen atoms in total. The van der Waals surface area contributed by atoms with Crippen molar-refractivity contribution in [1.82, 2.24) is 4.98 Å². The van der Waals surface area contributed by atoms with Gasteiger partial charge in [0.2, 0.25) is 0 Å². The van der Waals surface area contributed by atoms with Gasteiger partial charge in [0.05, 0.1) is 21.5 Å². The van der Waals surface area contributed by atoms with E-state index in [-0.39, 0.29) is 11.8 Å². The van der Waals surface area contributed by atoms with Gasteiger partial charge in [0.15, 0.2) is 0 Å². The molecule has 3 N–H and O–H groups in total. The Kier molecular flexibility index (Phi) is 4.53. The van der Waals surface area contributed by atoms with Crippen LogP contribution in [0.4, 0.5) is 16.2 Å². The summed E-state index contributed by atoms with van der Waals surface area (Å²) in [4.78, 5) is 17.2. The van der Waals surface area contributed by atoms with Crippen molar-refractivity contribution in [3.05, 3.63) is 84.9 Å². The SMILES string of the molecule is O=C(Nc1ccc(O)c(-c2nc3ccccc3s2)c1)Nc1cccc2ccccc12. The summed E-state index contributed by atoms with van der Waals surface area (Å²) in [7, 11) is 0. The molecule has 146 valence electrons. The number of aromatic hydroxyl groups is 1. The highest BCUT2D eigenvalue weighted by molar-refractivity contribution is 7.21. The number of phenols is 1. The minimum atomic E-state index is -0.354. The summed E-state index contributed by atoms with van der Waals surface area (Å²) < 4.78 is 1.04. The molecule has 5 rings (SSSR count). The third kappa shape index (κ3) is 3.44. The van der Waals surface area contributed by atoms with Gasteiger partial charge in [-0.2, -0.15) is 0 Å². The maximum Gasteiger partial charge on any atom is 0.323 e. The predicted octanol–water partition coefficient (Wildman–Crippen LogP) is 6.47. The van der Waals surface area contributed by atoms with Crippen LogP contribution in [-0.2, 0) is 0 Å². The highest BCUT2D eigenvalue weighted by atomic mass is 32.1. The molecule has 30 heavy (non-hydrogen) atoms. The first-order chi connectivity index (χ1) is 14.7. The molecule has 0 aliphatic heterocycles. The van der Waals surface area contributed by atoms with Crippen LogP contribution in [-0.4, -0.2) is 16.1 Å². The molecular weight excluding hydrogens is 394 g/mol. The molecule has 0 fully saturated rings. The van der Waals surface area contributed by atoms with E-state index in [1.165, 1.54) is 11.3 Å². The highest BCUT2D eigenvalue weighted by Gasteiger charge is 2.13. The normalized spacial score (nSPS) is 10.9. The molecule has 0 saturated heterocycles. The second-order valence-corrected chi connectivity index (χ2v) is 7.86. The minimum Gasteiger partial charge on any atom is -0.507 e. The number of aromatic nitrogens is 1. The Balaban J connectivity index is 1.41. The zero-order chi connectivity index (χ0) is 20.5. The summed E-state index contributed by atoms with van der Waals surface area (Å²) in [5.74, 6) is 0.120. The van der Waals surface area contributed by atoms with Crippen LogP contribution in [0.2, 0.25) is 0 Å². The molecule has 0 aliphatic carbocycles. The zero-order valence-corrected chi connectivity index (χ0v) is 16.6. The number of rotatable bonds is 3. The van der Waals surface area contributed by atoms with Gasteiger partial charge in [0, 0.05) is 11.1 Å². The minimum absolute atomic E-state index is 0.120. The fourth-order valence-corrected chi connectivity index (χ4v) is 4.38. The van der Waals surface area contributed by atoms with Crippen molar-refractivity contribution >= 4 is 49.7 Å². The molecular formula is C24H17N3O2S. The largest absolute Gasteiger partial charge is 0.507 e. The van der Waals surface area contributed by atoms with E-state index in [2.05, 4.69) is 15.6 Å². The summed E-state index contributed by atoms with van der Waals surface area (Å²) in [5.41, 5.74) is 2.76. The fraction of sp³-hybridized carbons (Fsp3) is 0. The number of thiazole rings is 1. The van der Waals surface area contributed by atoms with E-state index >= 15 is 0 Å². The fourth-order valence-electron chi connectivity index (χ4n) is 3.39. The molecule has 5 aromatic rings. The third-order valence-electron chi connectivity index (χ3n) is 4.82. The van der Waals surface area contributed by atoms with Crippen molar-refractivity contribution < 1.29 is 9.90 Å². The molecule has 0 spiro atoms. The summed E-state index contributed by atoms with van der Waals surface area (Å²) in [6.07, 6.45) is 0. The predicted molar refractivity (Wildman–Crippen MR) is 123 cm³/mol. The molecule has 0 saturated carbocycles. The van der Waals surface area contributed by atoms with E-state index in [0.29, 0.717) is 16.3 Å². The van der Waals surface area contributed by atoms with E-state index in [1.54, 1.807) is 18.2 Å². The number of amides is 2. The molecule has 6 heteroatoms. The van der Waals surface area contributed by atoms with Crippen molar-refractivity contribution in [3.8, 4) is 16.3 Å². The Morgan fingerprint density at radius 3 is 2.57 bits per heavy atom. The molecule has 0 unspecified atom stereocenters. The first-order valence-electron chi connectivity index (χ1n) is 9.42. The van der Waals surface area contributed by atoms with E-state index in [0.717, 1.165) is 26.7 Å². The summed E-state index contributed by atoms with van der Waals surface area (Å²) in [6.45, 7) is 0. The number of hydrogen-bond donors (Lipinski definition) is 3. The Hall–Kier alpha value is -3.90. The lowest BCUT2D eigenvalue weighted by Crippen LogP contribution is -2.19. The number of hydrogen-bond acceptors (Lipinski definition) is 4. The summed E-state index contributed by atoms with van der Waals surface area (Å²) in [6, 6.07) is 26.1. The van der Waals surface area contributed by atoms with E-state index in [1.807, 2.05) is 66.7 Å². The van der Waals surface area contributed by atoms with E-state index in [9.17, 15) is 9.90 Å². The van der Waals surface area contributed by atoms with Gasteiger partial charge in [-0.1, -0.05) is 48.5 Å². The number of nitrogens with one attached hydrogen (secondary N) is 2. The quantitative estimate of drug-likeness (QED) is 0.298. The van der Waals surface area contributed by atoms with Gasteiger partial charge >= 0.3 is 6.03 Å². The molecule has 0 bridgehead atoms. The first-order valence-corrected chi connectivity index (χ1v) is 10.2. The number of urea groups is 1. The van der Waals surface area contributed by atoms with Crippen LogP contribution in [0.3, 0.4) is 0 Å². The maximum atomic E-state index is 12.6. The van der Waals surface area contributed by atoms with Gasteiger partial charge in [0.25, 0.3) is 0 Å². The van der Waals surface area contributed by atoms with Gasteiger partial charge in [0.1, 0.15) is 10.8 Å². The lowest BCUT2D eigenvalue weighted by atomic mass is 10.1. The van der Waals surface area contributed by atoms with Crippen LogP contribution in [0.25, 0.3) is 31.6 Å². The van der Waals surface area contributed by atoms with Crippen molar-refractivity contribution in [3.63, 3.8) is 0 Å². The number of benzene rings is 4. The Morgan fingerprint density at radius 2 is 1.67 bits per heavy atom. The van der Waals surface area contributed by atoms with E-state index in [4.69, 9.17) is 0 Å². The number of anilines is 2. The third-order valence-corrected chi connectivity index (χ3v) is 5.89. The average Bonchev–Trinajstić information content (AvgIpc) is 3.19. The molecule has 0 radical (unpaired) electrons. The maximum absolute atomic E-state index is 12.6. The van der Waals surface area contributed by atoms with Gasteiger partial charge in [-0.3, -0.25) is 0 Å². The Labute approximate surface area is 176 Å². The number of carbonyl (C=O) groups is 1. The molecule has 0 aliphatic rings. The van der Waals surface area contributed by atoms with Crippen LogP contribution >= 0.6 is 11.3 Å². The lowest BCUT2D eigenvalue weighted by molar-refractivity contribution is 0.262. The van der Waals surface area contributed by atoms with Crippen LogP contribution in [0.5, 0.6) is 5.75 Å². The second-order valence-electron chi connectivity index (χ2n) is 6.82. The van der Waals surface area contributed by atoms with Crippen LogP contribution in [0.15, 0.2) is 84.9 Å². The lowest BCUT2D eigenvalue weighted by Gasteiger charge is -2.11. The van der Waals surface area contributed by atoms with Gasteiger partial charge in [-0.25, -0.2) is 9.78 Å². The summed E-state index contributed by atoms with van der Waals surface area (Å²) in [5, 5.41) is 18.8. The number of phenolic OH excluding ortho intramolecular Hbond substituents is 1. The average molecular weight is 411 g/mol. The number of carbonyl (C=O) groups excluding carboxylic acids is 1. The topological polar surface area (TPSA) is 74.2 Å². The van der Waals surface area contributed by atoms with Crippen LogP contribution < -0.4 is 10.6 Å². The molecule has 4 aromatic carbocycles. The smallest absolute Gasteiger partial charge is 0.323 e. The number of fused-ring (bicyclic) bond motifs is 2. The standard InChI is InChI=1S/C24H17N3O2S/c28-21-13-12-16(14-18(21)23-26-20-9-3-4-11-22(20)30-23)25-24(29)27-19-10-5-7-15-6-1-2-8-17(15)19/h1-14,28H,(H2,25,27,29). The van der Waals surface area contributed by atoms with Crippen molar-refractivity contribution in [2.75, 3.05) is 10.6 Å². The molecule has 0 atom stereocenters. The van der Waals surface area contributed by atoms with Gasteiger partial charge in [-0.05, 0) is 41.8 Å². The highest BCUT2D eigenvalue weighted by Crippen LogP contribution is 2.36. The van der Waals surface area contributed by atoms with Crippen LogP contribution in [0, 0.1) is 0 Å². The summed E-state index contributed by atoms with van der Waals surface area (Å²) >= 11 is 1.50. The van der Waals surface area contributed by atoms with Crippen molar-refractivity contribution in [2.24, 2.45) is 0 Å². The number of nitrogens with zero attached hydrogens (tertiary/aromatic N) is 1. The van der Waals surface area contributed by atoms with E-state index < -0.39 is 0 Å². The number of para-hydroxylation sites is 1. The first kappa shape index (κ1) is 18.1. The van der Waals surface area contributed by atoms with Crippen molar-refractivity contribution in [1.29, 1.82) is 0 Å². The van der Waals surface area contributed by atoms with Crippen molar-refractivity contribution in [2.45, 2.75) is 0 Å². The molecule has 2 amide bonds. The monoisotopic (exact) mass is 411 g/mol. The van der Waals surface area contributed by atoms with Gasteiger partial charge in [-0.15, -0.1) is 11.3 Å². The van der Waals surface area contributed by atoms with Crippen LogP contribution in [0.1, 0.15) is 0 Å². The molecule has 1 aromatic heterocycles. The second kappa shape index (κ2) is 7.50.